The van der Waals surface area contributed by atoms with Crippen molar-refractivity contribution in [1.29, 1.82) is 0 Å². The zero-order chi connectivity index (χ0) is 41.0. The second kappa shape index (κ2) is 13.4. The van der Waals surface area contributed by atoms with Crippen LogP contribution in [-0.2, 0) is 52.5 Å². The molecule has 3 aliphatic carbocycles. The van der Waals surface area contributed by atoms with Crippen LogP contribution >= 0.6 is 11.6 Å². The van der Waals surface area contributed by atoms with Crippen molar-refractivity contribution in [2.75, 3.05) is 6.26 Å². The van der Waals surface area contributed by atoms with E-state index in [2.05, 4.69) is 22.0 Å². The minimum absolute atomic E-state index is 0.0741. The number of hydrogen-bond donors (Lipinski definition) is 1. The Morgan fingerprint density at radius 2 is 1.75 bits per heavy atom. The molecule has 0 radical (unpaired) electrons. The summed E-state index contributed by atoms with van der Waals surface area (Å²) in [6.45, 7) is -0.967. The molecule has 8 rings (SSSR count). The summed E-state index contributed by atoms with van der Waals surface area (Å²) in [5.41, 5.74) is -2.69. The average molecular weight is 834 g/mol. The molecule has 2 fully saturated rings. The Morgan fingerprint density at radius 3 is 2.40 bits per heavy atom. The lowest BCUT2D eigenvalue weighted by atomic mass is 9.86. The fraction of sp³-hybridized carbons (Fsp3) is 0.385. The van der Waals surface area contributed by atoms with Crippen molar-refractivity contribution < 1.29 is 49.1 Å². The number of hydrogen-bond acceptors (Lipinski definition) is 7. The summed E-state index contributed by atoms with van der Waals surface area (Å²) in [6.07, 6.45) is -4.14. The van der Waals surface area contributed by atoms with Crippen LogP contribution in [0, 0.1) is 29.4 Å². The second-order valence-corrected chi connectivity index (χ2v) is 17.7. The number of aryl methyl sites for hydroxylation is 1. The Balaban J connectivity index is 1.27. The summed E-state index contributed by atoms with van der Waals surface area (Å²) < 4.78 is 129. The van der Waals surface area contributed by atoms with Crippen molar-refractivity contribution in [1.82, 2.24) is 24.5 Å². The van der Waals surface area contributed by atoms with Gasteiger partial charge in [0.15, 0.2) is 21.3 Å². The molecule has 0 amide bonds. The maximum Gasteiger partial charge on any atom is 0.435 e. The number of sulfone groups is 1. The van der Waals surface area contributed by atoms with Gasteiger partial charge in [-0.2, -0.15) is 32.1 Å². The maximum absolute atomic E-state index is 15.4. The SMILES string of the molecule is Cn1nc(CS(C)(=O)=O)c2c(Cl)ccc(-c3ccc(C#CC4(O)CC4)nc3[C@@H](CC(=O)Cn3nc(C(F)(F)F)c4c3C(F)(F)[C@@H]3C[C@H]43)Cc3cc(F)cc(F)c3)c21. The van der Waals surface area contributed by atoms with Crippen LogP contribution < -0.4 is 0 Å². The monoisotopic (exact) mass is 833 g/mol. The minimum Gasteiger partial charge on any atom is -0.378 e. The first-order chi connectivity index (χ1) is 26.6. The van der Waals surface area contributed by atoms with Gasteiger partial charge in [-0.25, -0.2) is 22.2 Å². The van der Waals surface area contributed by atoms with Gasteiger partial charge in [-0.05, 0) is 73.4 Å². The summed E-state index contributed by atoms with van der Waals surface area (Å²) in [5.74, 6) is -4.70. The van der Waals surface area contributed by atoms with E-state index in [1.165, 1.54) is 16.8 Å². The van der Waals surface area contributed by atoms with E-state index in [9.17, 15) is 40.3 Å². The van der Waals surface area contributed by atoms with E-state index in [4.69, 9.17) is 16.6 Å². The molecule has 57 heavy (non-hydrogen) atoms. The van der Waals surface area contributed by atoms with E-state index in [1.54, 1.807) is 19.2 Å². The molecule has 3 atom stereocenters. The normalized spacial score (nSPS) is 19.5. The molecule has 0 bridgehead atoms. The molecule has 2 aromatic carbocycles. The molecule has 0 saturated heterocycles. The van der Waals surface area contributed by atoms with Crippen molar-refractivity contribution in [2.24, 2.45) is 13.0 Å². The third kappa shape index (κ3) is 7.43. The number of fused-ring (bicyclic) bond motifs is 4. The van der Waals surface area contributed by atoms with Crippen molar-refractivity contribution in [3.05, 3.63) is 98.7 Å². The number of Topliss-reactive ketones (excluding diaryl/α,β-unsaturated/α-hetero) is 1. The molecule has 3 aromatic heterocycles. The highest BCUT2D eigenvalue weighted by molar-refractivity contribution is 7.89. The summed E-state index contributed by atoms with van der Waals surface area (Å²) in [5, 5.41) is 18.8. The molecular weight excluding hydrogens is 803 g/mol. The molecular formula is C39H31ClF7N5O4S. The first-order valence-corrected chi connectivity index (χ1v) is 20.2. The number of benzene rings is 2. The standard InChI is InChI=1S/C39H31ClF7N5O4S/c1-51-34-26(5-6-29(40)32(34)30(49-51)18-57(2,55)56)25-4-3-23(7-8-37(54)9-10-37)48-33(25)20(11-19-12-21(41)15-22(42)13-19)14-24(53)17-52-36-31(35(50-52)39(45,46)47)27-16-28(27)38(36,43)44/h3-6,12-13,15,20,27-28,54H,9-11,14,16-18H2,1-2H3/t20-,27+,28-/m1/s1. The number of ketones is 1. The molecule has 5 aromatic rings. The van der Waals surface area contributed by atoms with Crippen molar-refractivity contribution in [3.63, 3.8) is 0 Å². The third-order valence-corrected chi connectivity index (χ3v) is 11.7. The lowest BCUT2D eigenvalue weighted by molar-refractivity contribution is -0.142. The van der Waals surface area contributed by atoms with Crippen LogP contribution in [0.4, 0.5) is 30.7 Å². The molecule has 18 heteroatoms. The van der Waals surface area contributed by atoms with E-state index in [1.807, 2.05) is 0 Å². The average Bonchev–Trinajstić information content (AvgIpc) is 3.96. The quantitative estimate of drug-likeness (QED) is 0.115. The number of carbonyl (C=O) groups is 1. The van der Waals surface area contributed by atoms with Crippen LogP contribution in [0.1, 0.15) is 77.1 Å². The fourth-order valence-electron chi connectivity index (χ4n) is 7.91. The molecule has 2 saturated carbocycles. The summed E-state index contributed by atoms with van der Waals surface area (Å²) in [4.78, 5) is 18.8. The predicted octanol–water partition coefficient (Wildman–Crippen LogP) is 7.40. The van der Waals surface area contributed by atoms with E-state index < -0.39 is 98.4 Å². The number of halogens is 8. The fourth-order valence-corrected chi connectivity index (χ4v) is 8.87. The van der Waals surface area contributed by atoms with Crippen LogP contribution in [0.25, 0.3) is 22.0 Å². The first kappa shape index (κ1) is 39.1. The number of aromatic nitrogens is 5. The van der Waals surface area contributed by atoms with E-state index in [0.717, 1.165) is 18.4 Å². The van der Waals surface area contributed by atoms with Crippen LogP contribution in [0.2, 0.25) is 5.02 Å². The maximum atomic E-state index is 15.4. The molecule has 9 nitrogen and oxygen atoms in total. The molecule has 0 unspecified atom stereocenters. The zero-order valence-corrected chi connectivity index (χ0v) is 31.6. The van der Waals surface area contributed by atoms with Gasteiger partial charge in [-0.3, -0.25) is 14.2 Å². The van der Waals surface area contributed by atoms with E-state index >= 15 is 8.78 Å². The van der Waals surface area contributed by atoms with Gasteiger partial charge >= 0.3 is 6.18 Å². The van der Waals surface area contributed by atoms with Gasteiger partial charge in [0.2, 0.25) is 0 Å². The van der Waals surface area contributed by atoms with Gasteiger partial charge in [-0.15, -0.1) is 0 Å². The van der Waals surface area contributed by atoms with E-state index in [0.29, 0.717) is 45.6 Å². The van der Waals surface area contributed by atoms with Crippen molar-refractivity contribution >= 4 is 38.1 Å². The number of rotatable bonds is 10. The summed E-state index contributed by atoms with van der Waals surface area (Å²) >= 11 is 6.61. The molecule has 298 valence electrons. The molecule has 3 aliphatic rings. The number of pyridine rings is 1. The summed E-state index contributed by atoms with van der Waals surface area (Å²) in [6, 6.07) is 8.97. The lowest BCUT2D eigenvalue weighted by Crippen LogP contribution is -2.24. The Hall–Kier alpha value is -4.79. The van der Waals surface area contributed by atoms with Gasteiger partial charge in [0, 0.05) is 59.7 Å². The Kier molecular flexibility index (Phi) is 9.17. The topological polar surface area (TPSA) is 120 Å². The largest absolute Gasteiger partial charge is 0.435 e. The molecule has 0 spiro atoms. The molecule has 3 heterocycles. The first-order valence-electron chi connectivity index (χ1n) is 17.7. The highest BCUT2D eigenvalue weighted by Gasteiger charge is 2.68. The van der Waals surface area contributed by atoms with Crippen LogP contribution in [0.15, 0.2) is 42.5 Å². The Morgan fingerprint density at radius 1 is 1.07 bits per heavy atom. The van der Waals surface area contributed by atoms with Gasteiger partial charge in [0.1, 0.15) is 35.2 Å². The van der Waals surface area contributed by atoms with Crippen molar-refractivity contribution in [3.8, 4) is 23.0 Å². The summed E-state index contributed by atoms with van der Waals surface area (Å²) in [7, 11) is -2.03. The number of alkyl halides is 5. The zero-order valence-electron chi connectivity index (χ0n) is 30.1. The number of nitrogens with zero attached hydrogens (tertiary/aromatic N) is 5. The van der Waals surface area contributed by atoms with Gasteiger partial charge in [-0.1, -0.05) is 23.6 Å². The van der Waals surface area contributed by atoms with Gasteiger partial charge in [0.05, 0.1) is 27.7 Å². The van der Waals surface area contributed by atoms with Gasteiger partial charge in [0.25, 0.3) is 5.92 Å². The highest BCUT2D eigenvalue weighted by Crippen LogP contribution is 2.68. The molecule has 0 aliphatic heterocycles. The minimum atomic E-state index is -5.05. The number of aliphatic hydroxyl groups is 1. The Bertz CT molecular complexity index is 2680. The van der Waals surface area contributed by atoms with Crippen molar-refractivity contribution in [2.45, 2.75) is 73.9 Å². The third-order valence-electron chi connectivity index (χ3n) is 10.6. The number of carbonyl (C=O) groups excluding carboxylic acids is 1. The van der Waals surface area contributed by atoms with Crippen LogP contribution in [0.5, 0.6) is 0 Å². The second-order valence-electron chi connectivity index (χ2n) is 15.1. The van der Waals surface area contributed by atoms with Crippen LogP contribution in [0.3, 0.4) is 0 Å². The Labute approximate surface area is 325 Å². The van der Waals surface area contributed by atoms with E-state index in [-0.39, 0.29) is 40.5 Å². The lowest BCUT2D eigenvalue weighted by Gasteiger charge is -2.21. The van der Waals surface area contributed by atoms with Gasteiger partial charge < -0.3 is 5.11 Å². The predicted molar refractivity (Wildman–Crippen MR) is 193 cm³/mol. The smallest absolute Gasteiger partial charge is 0.378 e. The highest BCUT2D eigenvalue weighted by atomic mass is 35.5. The molecule has 1 N–H and O–H groups in total. The van der Waals surface area contributed by atoms with Crippen LogP contribution in [-0.4, -0.2) is 55.7 Å².